The van der Waals surface area contributed by atoms with Crippen LogP contribution >= 0.6 is 11.3 Å². The fourth-order valence-electron chi connectivity index (χ4n) is 1.47. The minimum absolute atomic E-state index is 0.0565. The normalized spacial score (nSPS) is 13.4. The van der Waals surface area contributed by atoms with Gasteiger partial charge in [-0.15, -0.1) is 11.3 Å². The number of thiazole rings is 1. The molecule has 0 unspecified atom stereocenters. The average Bonchev–Trinajstić information content (AvgIpc) is 2.40. The molecule has 1 heterocycles. The van der Waals surface area contributed by atoms with Crippen LogP contribution in [0, 0.1) is 6.92 Å². The summed E-state index contributed by atoms with van der Waals surface area (Å²) in [6.45, 7) is 4.56. The summed E-state index contributed by atoms with van der Waals surface area (Å²) in [5.74, 6) is -3.49. The zero-order valence-electron chi connectivity index (χ0n) is 10.3. The molecule has 0 radical (unpaired) electrons. The Morgan fingerprint density at radius 3 is 1.89 bits per heavy atom. The van der Waals surface area contributed by atoms with Crippen molar-refractivity contribution >= 4 is 16.5 Å². The number of hydrogen-bond donors (Lipinski definition) is 1. The molecule has 0 fully saturated rings. The molecule has 0 spiro atoms. The van der Waals surface area contributed by atoms with Crippen LogP contribution in [-0.2, 0) is 0 Å². The SMILES string of the molecule is Cc1nc(NC(C)C)sc1C(C(F)(F)F)C(F)(F)F. The van der Waals surface area contributed by atoms with E-state index in [9.17, 15) is 26.3 Å². The number of nitrogens with one attached hydrogen (secondary N) is 1. The highest BCUT2D eigenvalue weighted by molar-refractivity contribution is 7.15. The van der Waals surface area contributed by atoms with E-state index in [1.165, 1.54) is 0 Å². The van der Waals surface area contributed by atoms with Gasteiger partial charge in [0.1, 0.15) is 0 Å². The van der Waals surface area contributed by atoms with E-state index >= 15 is 0 Å². The van der Waals surface area contributed by atoms with E-state index in [1.807, 2.05) is 0 Å². The van der Waals surface area contributed by atoms with Gasteiger partial charge in [-0.2, -0.15) is 26.3 Å². The first-order valence-electron chi connectivity index (χ1n) is 5.30. The maximum absolute atomic E-state index is 12.6. The lowest BCUT2D eigenvalue weighted by atomic mass is 10.1. The van der Waals surface area contributed by atoms with Crippen LogP contribution < -0.4 is 5.32 Å². The Labute approximate surface area is 109 Å². The average molecular weight is 306 g/mol. The second-order valence-corrected chi connectivity index (χ2v) is 5.31. The molecule has 0 aromatic carbocycles. The second kappa shape index (κ2) is 5.18. The van der Waals surface area contributed by atoms with E-state index in [0.717, 1.165) is 6.92 Å². The summed E-state index contributed by atoms with van der Waals surface area (Å²) < 4.78 is 75.6. The highest BCUT2D eigenvalue weighted by Gasteiger charge is 2.59. The van der Waals surface area contributed by atoms with E-state index in [-0.39, 0.29) is 16.9 Å². The molecule has 110 valence electrons. The van der Waals surface area contributed by atoms with Gasteiger partial charge in [0.05, 0.1) is 10.6 Å². The molecular formula is C10H12F6N2S. The molecule has 1 aromatic heterocycles. The molecule has 1 aromatic rings. The minimum atomic E-state index is -5.38. The fraction of sp³-hybridized carbons (Fsp3) is 0.700. The maximum Gasteiger partial charge on any atom is 0.405 e. The van der Waals surface area contributed by atoms with Crippen LogP contribution in [0.4, 0.5) is 31.5 Å². The molecule has 1 N–H and O–H groups in total. The fourth-order valence-corrected chi connectivity index (χ4v) is 2.73. The third-order valence-electron chi connectivity index (χ3n) is 2.16. The predicted octanol–water partition coefficient (Wildman–Crippen LogP) is 4.48. The van der Waals surface area contributed by atoms with Crippen molar-refractivity contribution in [1.82, 2.24) is 4.98 Å². The molecule has 0 saturated heterocycles. The van der Waals surface area contributed by atoms with Gasteiger partial charge >= 0.3 is 12.4 Å². The molecule has 1 rings (SSSR count). The number of alkyl halides is 6. The van der Waals surface area contributed by atoms with Crippen molar-refractivity contribution in [2.45, 2.75) is 45.1 Å². The van der Waals surface area contributed by atoms with Crippen LogP contribution in [0.15, 0.2) is 0 Å². The molecular weight excluding hydrogens is 294 g/mol. The zero-order chi connectivity index (χ0) is 15.0. The van der Waals surface area contributed by atoms with Crippen LogP contribution in [-0.4, -0.2) is 23.4 Å². The largest absolute Gasteiger partial charge is 0.405 e. The summed E-state index contributed by atoms with van der Waals surface area (Å²) in [6, 6.07) is -0.131. The topological polar surface area (TPSA) is 24.9 Å². The lowest BCUT2D eigenvalue weighted by Gasteiger charge is -2.22. The van der Waals surface area contributed by atoms with Crippen LogP contribution in [0.5, 0.6) is 0 Å². The maximum atomic E-state index is 12.6. The Bertz CT molecular complexity index is 420. The van der Waals surface area contributed by atoms with E-state index in [4.69, 9.17) is 0 Å². The second-order valence-electron chi connectivity index (χ2n) is 4.28. The summed E-state index contributed by atoms with van der Waals surface area (Å²) >= 11 is 0.387. The molecule has 2 nitrogen and oxygen atoms in total. The Morgan fingerprint density at radius 2 is 1.53 bits per heavy atom. The van der Waals surface area contributed by atoms with Crippen molar-refractivity contribution in [3.63, 3.8) is 0 Å². The monoisotopic (exact) mass is 306 g/mol. The number of hydrogen-bond acceptors (Lipinski definition) is 3. The van der Waals surface area contributed by atoms with E-state index < -0.39 is 23.1 Å². The summed E-state index contributed by atoms with van der Waals surface area (Å²) in [5, 5.41) is 2.75. The molecule has 9 heteroatoms. The van der Waals surface area contributed by atoms with Crippen molar-refractivity contribution in [1.29, 1.82) is 0 Å². The van der Waals surface area contributed by atoms with Gasteiger partial charge in [0.25, 0.3) is 0 Å². The summed E-state index contributed by atoms with van der Waals surface area (Å²) in [7, 11) is 0. The number of rotatable bonds is 3. The number of nitrogens with zero attached hydrogens (tertiary/aromatic N) is 1. The molecule has 0 aliphatic heterocycles. The van der Waals surface area contributed by atoms with Crippen LogP contribution in [0.2, 0.25) is 0 Å². The molecule has 0 saturated carbocycles. The van der Waals surface area contributed by atoms with Crippen molar-refractivity contribution in [3.05, 3.63) is 10.6 Å². The van der Waals surface area contributed by atoms with Gasteiger partial charge in [0.15, 0.2) is 11.0 Å². The summed E-state index contributed by atoms with van der Waals surface area (Å²) in [6.07, 6.45) is -10.8. The first-order valence-corrected chi connectivity index (χ1v) is 6.12. The van der Waals surface area contributed by atoms with Gasteiger partial charge < -0.3 is 5.32 Å². The van der Waals surface area contributed by atoms with Gasteiger partial charge in [-0.25, -0.2) is 4.98 Å². The Kier molecular flexibility index (Phi) is 4.38. The van der Waals surface area contributed by atoms with Gasteiger partial charge in [0, 0.05) is 6.04 Å². The standard InChI is InChI=1S/C10H12F6N2S/c1-4(2)17-8-18-5(3)6(19-8)7(9(11,12)13)10(14,15)16/h4,7H,1-3H3,(H,17,18). The predicted molar refractivity (Wildman–Crippen MR) is 60.5 cm³/mol. The molecule has 0 aliphatic rings. The lowest BCUT2D eigenvalue weighted by Crippen LogP contribution is -2.33. The van der Waals surface area contributed by atoms with Crippen molar-refractivity contribution in [2.75, 3.05) is 5.32 Å². The van der Waals surface area contributed by atoms with Crippen molar-refractivity contribution in [3.8, 4) is 0 Å². The molecule has 0 atom stereocenters. The Balaban J connectivity index is 3.21. The summed E-state index contributed by atoms with van der Waals surface area (Å²) in [4.78, 5) is 2.89. The van der Waals surface area contributed by atoms with Gasteiger partial charge in [-0.05, 0) is 20.8 Å². The number of aryl methyl sites for hydroxylation is 1. The van der Waals surface area contributed by atoms with E-state index in [1.54, 1.807) is 13.8 Å². The molecule has 0 amide bonds. The van der Waals surface area contributed by atoms with Crippen LogP contribution in [0.25, 0.3) is 0 Å². The molecule has 0 bridgehead atoms. The Morgan fingerprint density at radius 1 is 1.05 bits per heavy atom. The van der Waals surface area contributed by atoms with Gasteiger partial charge in [-0.3, -0.25) is 0 Å². The van der Waals surface area contributed by atoms with E-state index in [0.29, 0.717) is 11.3 Å². The van der Waals surface area contributed by atoms with Crippen molar-refractivity contribution in [2.24, 2.45) is 0 Å². The minimum Gasteiger partial charge on any atom is -0.359 e. The number of halogens is 6. The molecule has 0 aliphatic carbocycles. The quantitative estimate of drug-likeness (QED) is 0.833. The zero-order valence-corrected chi connectivity index (χ0v) is 11.1. The first-order chi connectivity index (χ1) is 8.43. The summed E-state index contributed by atoms with van der Waals surface area (Å²) in [5.41, 5.74) is -0.257. The smallest absolute Gasteiger partial charge is 0.359 e. The van der Waals surface area contributed by atoms with Crippen molar-refractivity contribution < 1.29 is 26.3 Å². The number of anilines is 1. The van der Waals surface area contributed by atoms with Gasteiger partial charge in [-0.1, -0.05) is 0 Å². The van der Waals surface area contributed by atoms with Crippen LogP contribution in [0.1, 0.15) is 30.3 Å². The molecule has 19 heavy (non-hydrogen) atoms. The van der Waals surface area contributed by atoms with Gasteiger partial charge in [0.2, 0.25) is 0 Å². The lowest BCUT2D eigenvalue weighted by molar-refractivity contribution is -0.252. The third kappa shape index (κ3) is 3.99. The highest BCUT2D eigenvalue weighted by atomic mass is 32.1. The highest BCUT2D eigenvalue weighted by Crippen LogP contribution is 2.49. The van der Waals surface area contributed by atoms with E-state index in [2.05, 4.69) is 10.3 Å². The Hall–Kier alpha value is -0.990. The van der Waals surface area contributed by atoms with Crippen LogP contribution in [0.3, 0.4) is 0 Å². The third-order valence-corrected chi connectivity index (χ3v) is 3.31. The number of aromatic nitrogens is 1. The first kappa shape index (κ1) is 16.1.